The van der Waals surface area contributed by atoms with E-state index >= 15 is 0 Å². The molecule has 0 saturated carbocycles. The largest absolute Gasteiger partial charge is 0.416 e. The van der Waals surface area contributed by atoms with Gasteiger partial charge in [-0.1, -0.05) is 0 Å². The van der Waals surface area contributed by atoms with Crippen LogP contribution in [0.4, 0.5) is 26.3 Å². The Labute approximate surface area is 284 Å². The first-order chi connectivity index (χ1) is 23.7. The number of Topliss-reactive ketones (excluding diaryl/α,β-unsaturated/α-hetero) is 1. The summed E-state index contributed by atoms with van der Waals surface area (Å²) < 4.78 is 85.2. The third-order valence-electron chi connectivity index (χ3n) is 8.91. The van der Waals surface area contributed by atoms with Crippen LogP contribution >= 0.6 is 0 Å². The molecule has 0 aromatic heterocycles. The van der Waals surface area contributed by atoms with Gasteiger partial charge >= 0.3 is 12.4 Å². The van der Waals surface area contributed by atoms with Gasteiger partial charge in [0.05, 0.1) is 11.1 Å². The lowest BCUT2D eigenvalue weighted by Gasteiger charge is -2.35. The third kappa shape index (κ3) is 9.50. The highest BCUT2D eigenvalue weighted by Gasteiger charge is 2.37. The Morgan fingerprint density at radius 1 is 0.860 bits per heavy atom. The number of hydrogen-bond donors (Lipinski definition) is 1. The molecule has 2 saturated heterocycles. The summed E-state index contributed by atoms with van der Waals surface area (Å²) in [4.78, 5) is 59.7. The molecule has 5 rings (SSSR count). The lowest BCUT2D eigenvalue weighted by atomic mass is 9.84. The summed E-state index contributed by atoms with van der Waals surface area (Å²) >= 11 is 0. The number of hydrogen-bond acceptors (Lipinski definition) is 6. The van der Waals surface area contributed by atoms with Gasteiger partial charge in [-0.05, 0) is 92.1 Å². The Bertz CT molecular complexity index is 1590. The van der Waals surface area contributed by atoms with Crippen molar-refractivity contribution in [3.8, 4) is 0 Å². The van der Waals surface area contributed by atoms with Crippen molar-refractivity contribution >= 4 is 29.6 Å². The number of carbonyl (C=O) groups excluding carboxylic acids is 4. The molecule has 15 heteroatoms. The fourth-order valence-electron chi connectivity index (χ4n) is 6.16. The number of unbranched alkanes of at least 4 members (excludes halogenated alkanes) is 1. The first-order valence-corrected chi connectivity index (χ1v) is 16.5. The number of piperazine rings is 1. The summed E-state index contributed by atoms with van der Waals surface area (Å²) in [5.41, 5.74) is 0.235. The number of nitrogens with one attached hydrogen (secondary N) is 1. The minimum Gasteiger partial charge on any atom is -0.350 e. The van der Waals surface area contributed by atoms with E-state index in [4.69, 9.17) is 9.57 Å². The van der Waals surface area contributed by atoms with Gasteiger partial charge in [-0.3, -0.25) is 19.2 Å². The number of alkyl halides is 6. The van der Waals surface area contributed by atoms with Crippen LogP contribution in [-0.4, -0.2) is 72.4 Å². The fraction of sp³-hybridized carbons (Fsp3) is 0.486. The van der Waals surface area contributed by atoms with Crippen molar-refractivity contribution in [1.29, 1.82) is 0 Å². The standard InChI is InChI=1S/C35H37F6N3O6/c36-34(37,38)26-18-22(19-27(21-26)35(39,40)41)17-24-9-8-23-20-25(10-11-28(23)32(24)47)33(48)44-14-12-43(13-15-44)30(46)6-2-1-5-29(45)42-50-31-7-3-4-16-49-31/h10-11,17-21,31H,1-9,12-16H2,(H,42,45)/b24-17+. The quantitative estimate of drug-likeness (QED) is 0.141. The number of ether oxygens (including phenoxy) is 1. The Balaban J connectivity index is 1.11. The molecule has 9 nitrogen and oxygen atoms in total. The van der Waals surface area contributed by atoms with E-state index in [1.54, 1.807) is 15.9 Å². The maximum absolute atomic E-state index is 13.3. The molecule has 3 amide bonds. The molecule has 0 radical (unpaired) electrons. The number of aryl methyl sites for hydroxylation is 1. The predicted molar refractivity (Wildman–Crippen MR) is 167 cm³/mol. The Morgan fingerprint density at radius 2 is 1.52 bits per heavy atom. The fourth-order valence-corrected chi connectivity index (χ4v) is 6.16. The molecule has 2 fully saturated rings. The van der Waals surface area contributed by atoms with E-state index in [1.165, 1.54) is 12.1 Å². The van der Waals surface area contributed by atoms with Gasteiger partial charge in [-0.25, -0.2) is 10.3 Å². The van der Waals surface area contributed by atoms with Crippen LogP contribution in [0.5, 0.6) is 0 Å². The lowest BCUT2D eigenvalue weighted by molar-refractivity contribution is -0.200. The number of hydroxylamine groups is 1. The second kappa shape index (κ2) is 15.8. The summed E-state index contributed by atoms with van der Waals surface area (Å²) in [5, 5.41) is 0. The van der Waals surface area contributed by atoms with Crippen LogP contribution in [0, 0.1) is 0 Å². The van der Waals surface area contributed by atoms with Crippen molar-refractivity contribution < 1.29 is 55.1 Å². The molecule has 1 atom stereocenters. The van der Waals surface area contributed by atoms with Crippen LogP contribution in [-0.2, 0) is 37.9 Å². The van der Waals surface area contributed by atoms with E-state index in [9.17, 15) is 45.5 Å². The van der Waals surface area contributed by atoms with Gasteiger partial charge < -0.3 is 14.5 Å². The highest BCUT2D eigenvalue weighted by atomic mass is 19.4. The van der Waals surface area contributed by atoms with Gasteiger partial charge in [0.2, 0.25) is 11.8 Å². The number of rotatable bonds is 9. The first kappa shape index (κ1) is 37.0. The maximum Gasteiger partial charge on any atom is 0.416 e. The first-order valence-electron chi connectivity index (χ1n) is 16.5. The van der Waals surface area contributed by atoms with E-state index in [2.05, 4.69) is 5.48 Å². The molecule has 1 aliphatic carbocycles. The molecule has 2 heterocycles. The third-order valence-corrected chi connectivity index (χ3v) is 8.91. The normalized spacial score (nSPS) is 19.4. The Morgan fingerprint density at radius 3 is 2.16 bits per heavy atom. The number of halogens is 6. The molecule has 0 spiro atoms. The number of ketones is 1. The van der Waals surface area contributed by atoms with Crippen molar-refractivity contribution in [3.05, 3.63) is 75.4 Å². The van der Waals surface area contributed by atoms with E-state index in [0.29, 0.717) is 68.9 Å². The number of fused-ring (bicyclic) bond motifs is 1. The van der Waals surface area contributed by atoms with E-state index in [1.807, 2.05) is 0 Å². The highest BCUT2D eigenvalue weighted by molar-refractivity contribution is 6.13. The number of allylic oxidation sites excluding steroid dienone is 1. The second-order valence-corrected chi connectivity index (χ2v) is 12.5. The number of carbonyl (C=O) groups is 4. The number of nitrogens with zero attached hydrogens (tertiary/aromatic N) is 2. The minimum atomic E-state index is -5.01. The van der Waals surface area contributed by atoms with Crippen molar-refractivity contribution in [2.75, 3.05) is 32.8 Å². The van der Waals surface area contributed by atoms with Crippen molar-refractivity contribution in [3.63, 3.8) is 0 Å². The molecule has 1 N–H and O–H groups in total. The van der Waals surface area contributed by atoms with Gasteiger partial charge in [-0.2, -0.15) is 26.3 Å². The van der Waals surface area contributed by atoms with Gasteiger partial charge in [0.25, 0.3) is 5.91 Å². The van der Waals surface area contributed by atoms with Crippen LogP contribution in [0.25, 0.3) is 6.08 Å². The Hall–Kier alpha value is -4.24. The maximum atomic E-state index is 13.3. The molecule has 3 aliphatic rings. The van der Waals surface area contributed by atoms with Crippen LogP contribution in [0.15, 0.2) is 42.0 Å². The van der Waals surface area contributed by atoms with Gasteiger partial charge in [0.1, 0.15) is 0 Å². The van der Waals surface area contributed by atoms with E-state index in [0.717, 1.165) is 25.3 Å². The van der Waals surface area contributed by atoms with Crippen molar-refractivity contribution in [2.45, 2.75) is 76.4 Å². The topological polar surface area (TPSA) is 105 Å². The van der Waals surface area contributed by atoms with Crippen LogP contribution in [0.1, 0.15) is 94.3 Å². The number of benzene rings is 2. The monoisotopic (exact) mass is 709 g/mol. The zero-order valence-corrected chi connectivity index (χ0v) is 27.1. The molecule has 1 unspecified atom stereocenters. The van der Waals surface area contributed by atoms with Gasteiger partial charge in [0, 0.05) is 68.7 Å². The SMILES string of the molecule is O=C(CCCCC(=O)N1CCN(C(=O)c2ccc3c(c2)CC/C(=C\c2cc(C(F)(F)F)cc(C(F)(F)F)c2)C3=O)CC1)NOC1CCCCO1. The molecule has 2 aromatic rings. The van der Waals surface area contributed by atoms with Crippen LogP contribution in [0.2, 0.25) is 0 Å². The van der Waals surface area contributed by atoms with Gasteiger partial charge in [0.15, 0.2) is 12.1 Å². The van der Waals surface area contributed by atoms with E-state index < -0.39 is 35.6 Å². The van der Waals surface area contributed by atoms with Crippen LogP contribution in [0.3, 0.4) is 0 Å². The molecular formula is C35H37F6N3O6. The summed E-state index contributed by atoms with van der Waals surface area (Å²) in [5.74, 6) is -1.17. The van der Waals surface area contributed by atoms with Crippen LogP contribution < -0.4 is 5.48 Å². The van der Waals surface area contributed by atoms with Crippen molar-refractivity contribution in [2.24, 2.45) is 0 Å². The smallest absolute Gasteiger partial charge is 0.350 e. The minimum absolute atomic E-state index is 0.0348. The summed E-state index contributed by atoms with van der Waals surface area (Å²) in [7, 11) is 0. The summed E-state index contributed by atoms with van der Waals surface area (Å²) in [6, 6.07) is 5.68. The van der Waals surface area contributed by atoms with E-state index in [-0.39, 0.29) is 66.2 Å². The average Bonchev–Trinajstić information content (AvgIpc) is 3.09. The predicted octanol–water partition coefficient (Wildman–Crippen LogP) is 6.36. The molecule has 50 heavy (non-hydrogen) atoms. The molecule has 270 valence electrons. The lowest BCUT2D eigenvalue weighted by Crippen LogP contribution is -2.50. The highest BCUT2D eigenvalue weighted by Crippen LogP contribution is 2.37. The number of amides is 3. The second-order valence-electron chi connectivity index (χ2n) is 12.5. The zero-order valence-electron chi connectivity index (χ0n) is 27.1. The summed E-state index contributed by atoms with van der Waals surface area (Å²) in [6.45, 7) is 1.87. The molecular weight excluding hydrogens is 672 g/mol. The molecule has 2 aromatic carbocycles. The summed E-state index contributed by atoms with van der Waals surface area (Å²) in [6.07, 6.45) is -4.91. The zero-order chi connectivity index (χ0) is 36.1. The average molecular weight is 710 g/mol. The molecule has 2 aliphatic heterocycles. The Kier molecular flexibility index (Phi) is 11.7. The van der Waals surface area contributed by atoms with Gasteiger partial charge in [-0.15, -0.1) is 0 Å². The van der Waals surface area contributed by atoms with Crippen molar-refractivity contribution in [1.82, 2.24) is 15.3 Å². The molecule has 0 bridgehead atoms.